The summed E-state index contributed by atoms with van der Waals surface area (Å²) >= 11 is 2.15. The molecule has 0 aliphatic heterocycles. The van der Waals surface area contributed by atoms with Crippen LogP contribution in [0.3, 0.4) is 0 Å². The molecule has 2 rings (SSSR count). The van der Waals surface area contributed by atoms with Gasteiger partial charge in [-0.2, -0.15) is 17.8 Å². The van der Waals surface area contributed by atoms with Crippen LogP contribution in [0.15, 0.2) is 41.5 Å². The molecule has 4 heteroatoms. The summed E-state index contributed by atoms with van der Waals surface area (Å²) in [6, 6.07) is 0. The van der Waals surface area contributed by atoms with E-state index in [0.717, 1.165) is 19.3 Å². The number of hydrogen-bond acceptors (Lipinski definition) is 1. The fourth-order valence-electron chi connectivity index (χ4n) is 3.15. The molecule has 0 saturated heterocycles. The zero-order valence-electron chi connectivity index (χ0n) is 14.6. The Morgan fingerprint density at radius 3 is 2.43 bits per heavy atom. The molecule has 0 fully saturated rings. The molecular formula is C19H27Cl2STi. The minimum atomic E-state index is 0. The number of allylic oxidation sites excluding steroid dienone is 7. The van der Waals surface area contributed by atoms with Crippen molar-refractivity contribution >= 4 is 11.8 Å². The van der Waals surface area contributed by atoms with Gasteiger partial charge in [0.05, 0.1) is 0 Å². The standard InChI is InChI=1S/C19H27S.2ClH.Ti/c1-5-14-20-19(15-16-10-6-7-11-16)13-9-8-12-17(19)18(2,3)4;;;/h6,8-10,12H,5,7,13-15H2,1-4H3;2*1H;/q-1;;;+3/p-2. The van der Waals surface area contributed by atoms with Crippen LogP contribution in [0.5, 0.6) is 0 Å². The Morgan fingerprint density at radius 2 is 1.91 bits per heavy atom. The Hall–Kier alpha value is 0.604. The second-order valence-electron chi connectivity index (χ2n) is 6.79. The zero-order valence-corrected chi connectivity index (χ0v) is 18.5. The van der Waals surface area contributed by atoms with E-state index in [1.165, 1.54) is 17.7 Å². The summed E-state index contributed by atoms with van der Waals surface area (Å²) in [4.78, 5) is 0. The van der Waals surface area contributed by atoms with Gasteiger partial charge in [-0.05, 0) is 36.0 Å². The minimum absolute atomic E-state index is 0. The van der Waals surface area contributed by atoms with Gasteiger partial charge >= 0.3 is 21.7 Å². The van der Waals surface area contributed by atoms with Gasteiger partial charge in [-0.25, -0.2) is 11.6 Å². The van der Waals surface area contributed by atoms with Gasteiger partial charge < -0.3 is 24.8 Å². The van der Waals surface area contributed by atoms with E-state index < -0.39 is 0 Å². The monoisotopic (exact) mass is 405 g/mol. The van der Waals surface area contributed by atoms with E-state index in [1.807, 2.05) is 0 Å². The molecule has 1 radical (unpaired) electrons. The third-order valence-electron chi connectivity index (χ3n) is 3.97. The summed E-state index contributed by atoms with van der Waals surface area (Å²) in [6.07, 6.45) is 19.5. The maximum absolute atomic E-state index is 3.52. The number of thioether (sulfide) groups is 1. The van der Waals surface area contributed by atoms with E-state index in [4.69, 9.17) is 0 Å². The molecule has 1 unspecified atom stereocenters. The summed E-state index contributed by atoms with van der Waals surface area (Å²) in [7, 11) is 0. The van der Waals surface area contributed by atoms with Crippen molar-refractivity contribution in [3.63, 3.8) is 0 Å². The van der Waals surface area contributed by atoms with E-state index in [0.29, 0.717) is 0 Å². The van der Waals surface area contributed by atoms with Gasteiger partial charge in [0.2, 0.25) is 0 Å². The van der Waals surface area contributed by atoms with Gasteiger partial charge in [0.25, 0.3) is 0 Å². The van der Waals surface area contributed by atoms with Crippen molar-refractivity contribution in [2.24, 2.45) is 5.41 Å². The molecule has 0 saturated carbocycles. The van der Waals surface area contributed by atoms with Crippen molar-refractivity contribution in [2.45, 2.75) is 58.1 Å². The van der Waals surface area contributed by atoms with Crippen LogP contribution in [0.4, 0.5) is 0 Å². The predicted octanol–water partition coefficient (Wildman–Crippen LogP) is -0.114. The van der Waals surface area contributed by atoms with Crippen LogP contribution >= 0.6 is 11.8 Å². The van der Waals surface area contributed by atoms with E-state index >= 15 is 0 Å². The summed E-state index contributed by atoms with van der Waals surface area (Å²) in [6.45, 7) is 9.33. The topological polar surface area (TPSA) is 0 Å². The van der Waals surface area contributed by atoms with E-state index in [1.54, 1.807) is 5.57 Å². The van der Waals surface area contributed by atoms with Crippen molar-refractivity contribution in [1.29, 1.82) is 0 Å². The molecule has 0 bridgehead atoms. The molecule has 0 nitrogen and oxygen atoms in total. The van der Waals surface area contributed by atoms with Gasteiger partial charge in [-0.15, -0.1) is 6.42 Å². The van der Waals surface area contributed by atoms with Crippen LogP contribution in [-0.4, -0.2) is 10.5 Å². The summed E-state index contributed by atoms with van der Waals surface area (Å²) in [5, 5.41) is 0. The van der Waals surface area contributed by atoms with Crippen LogP contribution in [-0.2, 0) is 21.7 Å². The quantitative estimate of drug-likeness (QED) is 0.454. The first kappa shape index (κ1) is 25.8. The molecule has 0 N–H and O–H groups in total. The Balaban J connectivity index is 0. The van der Waals surface area contributed by atoms with E-state index in [9.17, 15) is 0 Å². The first-order chi connectivity index (χ1) is 9.48. The number of halogens is 2. The van der Waals surface area contributed by atoms with Crippen LogP contribution in [0, 0.1) is 11.5 Å². The summed E-state index contributed by atoms with van der Waals surface area (Å²) in [5.74, 6) is 1.23. The van der Waals surface area contributed by atoms with Crippen LogP contribution < -0.4 is 24.8 Å². The van der Waals surface area contributed by atoms with Gasteiger partial charge in [-0.1, -0.05) is 45.9 Å². The Labute approximate surface area is 174 Å². The maximum atomic E-state index is 3.52. The minimum Gasteiger partial charge on any atom is -1.00 e. The van der Waals surface area contributed by atoms with Crippen LogP contribution in [0.25, 0.3) is 0 Å². The van der Waals surface area contributed by atoms with Gasteiger partial charge in [0, 0.05) is 4.75 Å². The van der Waals surface area contributed by atoms with Gasteiger partial charge in [0.1, 0.15) is 0 Å². The normalized spacial score (nSPS) is 22.4. The van der Waals surface area contributed by atoms with Crippen molar-refractivity contribution in [1.82, 2.24) is 0 Å². The zero-order chi connectivity index (χ0) is 14.6. The van der Waals surface area contributed by atoms with Gasteiger partial charge in [0.15, 0.2) is 0 Å². The molecule has 0 heterocycles. The predicted molar refractivity (Wildman–Crippen MR) is 91.9 cm³/mol. The molecule has 23 heavy (non-hydrogen) atoms. The van der Waals surface area contributed by atoms with Crippen LogP contribution in [0.2, 0.25) is 0 Å². The average molecular weight is 406 g/mol. The Kier molecular flexibility index (Phi) is 12.7. The SMILES string of the molecule is CCCSC1(CC2=[C-]CC=C2)CC=CC=C1C(C)(C)C.[Cl-].[Cl-].[Ti+3]. The van der Waals surface area contributed by atoms with Crippen molar-refractivity contribution in [3.8, 4) is 0 Å². The Morgan fingerprint density at radius 1 is 1.22 bits per heavy atom. The average Bonchev–Trinajstić information content (AvgIpc) is 2.88. The molecule has 1 atom stereocenters. The van der Waals surface area contributed by atoms with Crippen LogP contribution in [0.1, 0.15) is 53.4 Å². The molecule has 0 aromatic heterocycles. The molecule has 0 aromatic carbocycles. The molecule has 0 amide bonds. The smallest absolute Gasteiger partial charge is 1.00 e. The first-order valence-electron chi connectivity index (χ1n) is 7.76. The number of hydrogen-bond donors (Lipinski definition) is 0. The molecular weight excluding hydrogens is 379 g/mol. The molecule has 127 valence electrons. The first-order valence-corrected chi connectivity index (χ1v) is 8.74. The summed E-state index contributed by atoms with van der Waals surface area (Å²) in [5.41, 5.74) is 3.23. The maximum Gasteiger partial charge on any atom is 3.00 e. The van der Waals surface area contributed by atoms with E-state index in [2.05, 4.69) is 75.9 Å². The third-order valence-corrected chi connectivity index (χ3v) is 5.67. The van der Waals surface area contributed by atoms with E-state index in [-0.39, 0.29) is 56.7 Å². The Bertz CT molecular complexity index is 472. The fraction of sp³-hybridized carbons (Fsp3) is 0.579. The van der Waals surface area contributed by atoms with Crippen molar-refractivity contribution in [2.75, 3.05) is 5.75 Å². The second kappa shape index (κ2) is 11.3. The third kappa shape index (κ3) is 6.79. The van der Waals surface area contributed by atoms with Crippen molar-refractivity contribution < 1.29 is 46.5 Å². The summed E-state index contributed by atoms with van der Waals surface area (Å²) < 4.78 is 0.236. The molecule has 0 aromatic rings. The molecule has 0 spiro atoms. The molecule has 2 aliphatic carbocycles. The second-order valence-corrected chi connectivity index (χ2v) is 8.27. The number of rotatable bonds is 5. The molecule has 2 aliphatic rings. The fourth-order valence-corrected chi connectivity index (χ4v) is 4.75. The largest absolute Gasteiger partial charge is 3.00 e. The van der Waals surface area contributed by atoms with Crippen molar-refractivity contribution in [3.05, 3.63) is 47.6 Å². The van der Waals surface area contributed by atoms with Gasteiger partial charge in [-0.3, -0.25) is 6.08 Å².